The van der Waals surface area contributed by atoms with E-state index in [4.69, 9.17) is 11.6 Å². The molecule has 2 N–H and O–H groups in total. The first-order valence-electron chi connectivity index (χ1n) is 7.14. The maximum atomic E-state index is 6.28. The number of rotatable bonds is 3. The summed E-state index contributed by atoms with van der Waals surface area (Å²) in [7, 11) is 0. The van der Waals surface area contributed by atoms with E-state index in [9.17, 15) is 0 Å². The lowest BCUT2D eigenvalue weighted by atomic mass is 9.79. The molecule has 1 saturated heterocycles. The summed E-state index contributed by atoms with van der Waals surface area (Å²) in [5.41, 5.74) is 1.50. The third-order valence-electron chi connectivity index (χ3n) is 3.79. The van der Waals surface area contributed by atoms with Crippen molar-refractivity contribution in [2.75, 3.05) is 0 Å². The van der Waals surface area contributed by atoms with Crippen LogP contribution in [0.5, 0.6) is 0 Å². The SMILES string of the molecule is CC1(C)CC(NCc2ccc(Br)cc2Cl)CC(C)(C)N1. The monoisotopic (exact) mass is 358 g/mol. The Bertz CT molecular complexity index is 469. The van der Waals surface area contributed by atoms with E-state index in [1.165, 1.54) is 0 Å². The second-order valence-corrected chi connectivity index (χ2v) is 8.44. The lowest BCUT2D eigenvalue weighted by Gasteiger charge is -2.46. The Balaban J connectivity index is 2.00. The zero-order valence-corrected chi connectivity index (χ0v) is 15.0. The maximum Gasteiger partial charge on any atom is 0.0462 e. The van der Waals surface area contributed by atoms with Gasteiger partial charge in [-0.15, -0.1) is 0 Å². The van der Waals surface area contributed by atoms with Crippen molar-refractivity contribution < 1.29 is 0 Å². The van der Waals surface area contributed by atoms with Crippen molar-refractivity contribution >= 4 is 27.5 Å². The fourth-order valence-corrected chi connectivity index (χ4v) is 4.13. The van der Waals surface area contributed by atoms with Gasteiger partial charge in [-0.2, -0.15) is 0 Å². The van der Waals surface area contributed by atoms with E-state index in [0.717, 1.165) is 34.4 Å². The summed E-state index contributed by atoms with van der Waals surface area (Å²) in [4.78, 5) is 0. The molecule has 0 radical (unpaired) electrons. The van der Waals surface area contributed by atoms with Crippen LogP contribution in [0.3, 0.4) is 0 Å². The summed E-state index contributed by atoms with van der Waals surface area (Å²) < 4.78 is 1.02. The van der Waals surface area contributed by atoms with Gasteiger partial charge in [-0.25, -0.2) is 0 Å². The zero-order valence-electron chi connectivity index (χ0n) is 12.7. The van der Waals surface area contributed by atoms with Gasteiger partial charge in [0.25, 0.3) is 0 Å². The minimum atomic E-state index is 0.170. The first-order valence-corrected chi connectivity index (χ1v) is 8.31. The highest BCUT2D eigenvalue weighted by Crippen LogP contribution is 2.29. The smallest absolute Gasteiger partial charge is 0.0462 e. The highest BCUT2D eigenvalue weighted by Gasteiger charge is 2.37. The van der Waals surface area contributed by atoms with Crippen LogP contribution < -0.4 is 10.6 Å². The Hall–Kier alpha value is -0.0900. The van der Waals surface area contributed by atoms with Gasteiger partial charge in [0.15, 0.2) is 0 Å². The fraction of sp³-hybridized carbons (Fsp3) is 0.625. The highest BCUT2D eigenvalue weighted by atomic mass is 79.9. The third kappa shape index (κ3) is 4.45. The van der Waals surface area contributed by atoms with Crippen LogP contribution in [0.4, 0.5) is 0 Å². The average molecular weight is 360 g/mol. The highest BCUT2D eigenvalue weighted by molar-refractivity contribution is 9.10. The van der Waals surface area contributed by atoms with Crippen molar-refractivity contribution in [3.05, 3.63) is 33.3 Å². The van der Waals surface area contributed by atoms with Gasteiger partial charge in [0, 0.05) is 33.2 Å². The molecular weight excluding hydrogens is 336 g/mol. The fourth-order valence-electron chi connectivity index (χ4n) is 3.39. The van der Waals surface area contributed by atoms with Gasteiger partial charge >= 0.3 is 0 Å². The number of hydrogen-bond donors (Lipinski definition) is 2. The quantitative estimate of drug-likeness (QED) is 0.830. The van der Waals surface area contributed by atoms with Crippen LogP contribution in [0, 0.1) is 0 Å². The van der Waals surface area contributed by atoms with E-state index in [2.05, 4.69) is 60.3 Å². The summed E-state index contributed by atoms with van der Waals surface area (Å²) in [5.74, 6) is 0. The standard InChI is InChI=1S/C16H24BrClN2/c1-15(2)8-13(9-16(3,4)20-15)19-10-11-5-6-12(17)7-14(11)18/h5-7,13,19-20H,8-10H2,1-4H3. The molecule has 2 rings (SSSR count). The average Bonchev–Trinajstić information content (AvgIpc) is 2.23. The Morgan fingerprint density at radius 1 is 1.25 bits per heavy atom. The lowest BCUT2D eigenvalue weighted by molar-refractivity contribution is 0.145. The molecule has 20 heavy (non-hydrogen) atoms. The van der Waals surface area contributed by atoms with Crippen LogP contribution in [0.1, 0.15) is 46.1 Å². The minimum absolute atomic E-state index is 0.170. The summed E-state index contributed by atoms with van der Waals surface area (Å²) in [5, 5.41) is 8.20. The van der Waals surface area contributed by atoms with Gasteiger partial charge in [-0.1, -0.05) is 33.6 Å². The van der Waals surface area contributed by atoms with Gasteiger partial charge in [0.05, 0.1) is 0 Å². The second-order valence-electron chi connectivity index (χ2n) is 7.11. The topological polar surface area (TPSA) is 24.1 Å². The molecule has 0 spiro atoms. The van der Waals surface area contributed by atoms with Gasteiger partial charge in [0.2, 0.25) is 0 Å². The van der Waals surface area contributed by atoms with Crippen LogP contribution in [-0.4, -0.2) is 17.1 Å². The third-order valence-corrected chi connectivity index (χ3v) is 4.63. The number of nitrogens with one attached hydrogen (secondary N) is 2. The molecule has 0 bridgehead atoms. The molecule has 0 amide bonds. The second kappa shape index (κ2) is 5.96. The molecule has 0 atom stereocenters. The minimum Gasteiger partial charge on any atom is -0.310 e. The van der Waals surface area contributed by atoms with E-state index >= 15 is 0 Å². The Morgan fingerprint density at radius 2 is 1.85 bits per heavy atom. The summed E-state index contributed by atoms with van der Waals surface area (Å²) in [6.07, 6.45) is 2.26. The molecule has 0 unspecified atom stereocenters. The molecule has 1 aliphatic heterocycles. The Kier molecular flexibility index (Phi) is 4.85. The van der Waals surface area contributed by atoms with Gasteiger partial charge < -0.3 is 10.6 Å². The number of hydrogen-bond acceptors (Lipinski definition) is 2. The van der Waals surface area contributed by atoms with Crippen molar-refractivity contribution in [1.29, 1.82) is 0 Å². The number of halogens is 2. The molecule has 1 aromatic rings. The summed E-state index contributed by atoms with van der Waals surface area (Å²) >= 11 is 9.72. The van der Waals surface area contributed by atoms with E-state index in [-0.39, 0.29) is 11.1 Å². The largest absolute Gasteiger partial charge is 0.310 e. The van der Waals surface area contributed by atoms with E-state index in [1.54, 1.807) is 0 Å². The van der Waals surface area contributed by atoms with Crippen LogP contribution in [0.25, 0.3) is 0 Å². The van der Waals surface area contributed by atoms with Crippen molar-refractivity contribution in [3.8, 4) is 0 Å². The van der Waals surface area contributed by atoms with Gasteiger partial charge in [-0.05, 0) is 58.2 Å². The molecule has 112 valence electrons. The number of benzene rings is 1. The van der Waals surface area contributed by atoms with Crippen LogP contribution in [0.15, 0.2) is 22.7 Å². The number of piperidine rings is 1. The molecular formula is C16H24BrClN2. The normalized spacial score (nSPS) is 21.9. The molecule has 0 aromatic heterocycles. The maximum absolute atomic E-state index is 6.28. The van der Waals surface area contributed by atoms with Crippen molar-refractivity contribution in [3.63, 3.8) is 0 Å². The molecule has 2 nitrogen and oxygen atoms in total. The Morgan fingerprint density at radius 3 is 2.40 bits per heavy atom. The Labute approximate surface area is 135 Å². The summed E-state index contributed by atoms with van der Waals surface area (Å²) in [6.45, 7) is 9.91. The van der Waals surface area contributed by atoms with Crippen molar-refractivity contribution in [1.82, 2.24) is 10.6 Å². The van der Waals surface area contributed by atoms with Crippen molar-refractivity contribution in [2.45, 2.75) is 64.2 Å². The molecule has 1 heterocycles. The van der Waals surface area contributed by atoms with E-state index in [0.29, 0.717) is 6.04 Å². The van der Waals surface area contributed by atoms with E-state index in [1.807, 2.05) is 12.1 Å². The molecule has 0 saturated carbocycles. The van der Waals surface area contributed by atoms with Gasteiger partial charge in [-0.3, -0.25) is 0 Å². The molecule has 1 aliphatic rings. The first-order chi connectivity index (χ1) is 9.17. The molecule has 1 fully saturated rings. The lowest BCUT2D eigenvalue weighted by Crippen LogP contribution is -2.61. The molecule has 0 aliphatic carbocycles. The van der Waals surface area contributed by atoms with Crippen LogP contribution in [-0.2, 0) is 6.54 Å². The van der Waals surface area contributed by atoms with Crippen LogP contribution >= 0.6 is 27.5 Å². The first kappa shape index (κ1) is 16.3. The predicted molar refractivity (Wildman–Crippen MR) is 90.3 cm³/mol. The van der Waals surface area contributed by atoms with Gasteiger partial charge in [0.1, 0.15) is 0 Å². The predicted octanol–water partition coefficient (Wildman–Crippen LogP) is 4.50. The van der Waals surface area contributed by atoms with Crippen LogP contribution in [0.2, 0.25) is 5.02 Å². The molecule has 4 heteroatoms. The molecule has 1 aromatic carbocycles. The zero-order chi connectivity index (χ0) is 15.0. The van der Waals surface area contributed by atoms with E-state index < -0.39 is 0 Å². The summed E-state index contributed by atoms with van der Waals surface area (Å²) in [6, 6.07) is 6.59. The van der Waals surface area contributed by atoms with Crippen molar-refractivity contribution in [2.24, 2.45) is 0 Å².